The molecule has 4 rings (SSSR count). The summed E-state index contributed by atoms with van der Waals surface area (Å²) in [6.07, 6.45) is 12.4. The van der Waals surface area contributed by atoms with E-state index < -0.39 is 5.97 Å². The van der Waals surface area contributed by atoms with Gasteiger partial charge in [-0.2, -0.15) is 0 Å². The van der Waals surface area contributed by atoms with Gasteiger partial charge in [0.25, 0.3) is 0 Å². The third-order valence-electron chi connectivity index (χ3n) is 10.2. The van der Waals surface area contributed by atoms with Crippen molar-refractivity contribution in [2.45, 2.75) is 97.5 Å². The first-order valence-corrected chi connectivity index (χ1v) is 11.7. The van der Waals surface area contributed by atoms with Gasteiger partial charge in [-0.1, -0.05) is 20.8 Å². The Morgan fingerprint density at radius 2 is 1.66 bits per heavy atom. The Hall–Kier alpha value is 1.36. The van der Waals surface area contributed by atoms with Gasteiger partial charge < -0.3 is 22.6 Å². The number of aliphatic hydroxyl groups excluding tert-OH is 1. The predicted molar refractivity (Wildman–Crippen MR) is 107 cm³/mol. The van der Waals surface area contributed by atoms with Crippen LogP contribution in [0.1, 0.15) is 91.4 Å². The van der Waals surface area contributed by atoms with Gasteiger partial charge in [-0.3, -0.25) is 4.79 Å². The summed E-state index contributed by atoms with van der Waals surface area (Å²) >= 11 is 0. The maximum atomic E-state index is 11.0. The molecule has 0 spiro atoms. The molecule has 0 aromatic rings. The van der Waals surface area contributed by atoms with Crippen LogP contribution in [0.15, 0.2) is 0 Å². The van der Waals surface area contributed by atoms with E-state index in [4.69, 9.17) is 5.11 Å². The number of rotatable bonds is 4. The summed E-state index contributed by atoms with van der Waals surface area (Å²) in [6, 6.07) is 0. The monoisotopic (exact) mass is 450 g/mol. The van der Waals surface area contributed by atoms with Gasteiger partial charge in [-0.15, -0.1) is 0 Å². The number of hydrogen-bond acceptors (Lipinski definition) is 2. The standard InChI is InChI=1S/C24H40O3.ClH.K/c1-15(4-9-22(26)27)19-7-8-20-18-6-5-16-14-17(25)10-12-23(16,2)21(18)11-13-24(19,20)3;;/h15-21,25H,4-14H2,1-3H3,(H,26,27);1H;/q;;+1/p-1/t15?,16-,17-,18?,19?,20?,21?,23?,24-;;/m1../s1. The number of aliphatic carboxylic acids is 1. The van der Waals surface area contributed by atoms with Crippen molar-refractivity contribution in [1.29, 1.82) is 0 Å². The van der Waals surface area contributed by atoms with E-state index in [1.165, 1.54) is 44.9 Å². The van der Waals surface area contributed by atoms with Crippen LogP contribution in [0, 0.1) is 46.3 Å². The molecule has 5 heteroatoms. The number of carboxylic acid groups (broad SMARTS) is 1. The molecule has 0 aromatic carbocycles. The average Bonchev–Trinajstić information content (AvgIpc) is 2.97. The number of hydrogen-bond donors (Lipinski definition) is 2. The fourth-order valence-electron chi connectivity index (χ4n) is 8.76. The molecule has 162 valence electrons. The zero-order valence-electron chi connectivity index (χ0n) is 19.0. The van der Waals surface area contributed by atoms with Crippen molar-refractivity contribution in [1.82, 2.24) is 0 Å². The van der Waals surface area contributed by atoms with Crippen LogP contribution in [0.2, 0.25) is 0 Å². The normalized spacial score (nSPS) is 46.9. The van der Waals surface area contributed by atoms with Gasteiger partial charge in [0.1, 0.15) is 0 Å². The summed E-state index contributed by atoms with van der Waals surface area (Å²) in [5, 5.41) is 19.3. The number of aliphatic hydroxyl groups is 1. The van der Waals surface area contributed by atoms with Gasteiger partial charge in [0.15, 0.2) is 0 Å². The van der Waals surface area contributed by atoms with E-state index in [1.54, 1.807) is 0 Å². The molecular weight excluding hydrogens is 411 g/mol. The van der Waals surface area contributed by atoms with E-state index in [0.29, 0.717) is 29.1 Å². The van der Waals surface area contributed by atoms with Crippen molar-refractivity contribution in [3.05, 3.63) is 0 Å². The van der Waals surface area contributed by atoms with Gasteiger partial charge in [0, 0.05) is 6.42 Å². The molecule has 3 nitrogen and oxygen atoms in total. The molecule has 0 aromatic heterocycles. The predicted octanol–water partition coefficient (Wildman–Crippen LogP) is -0.485. The Kier molecular flexibility index (Phi) is 9.26. The maximum Gasteiger partial charge on any atom is 1.00 e. The number of carbonyl (C=O) groups is 1. The molecule has 6 unspecified atom stereocenters. The van der Waals surface area contributed by atoms with Gasteiger partial charge in [-0.05, 0) is 111 Å². The van der Waals surface area contributed by atoms with Crippen LogP contribution in [0.4, 0.5) is 0 Å². The van der Waals surface area contributed by atoms with Crippen LogP contribution in [0.5, 0.6) is 0 Å². The summed E-state index contributed by atoms with van der Waals surface area (Å²) in [7, 11) is 0. The van der Waals surface area contributed by atoms with Crippen molar-refractivity contribution in [2.75, 3.05) is 0 Å². The van der Waals surface area contributed by atoms with E-state index in [1.807, 2.05) is 0 Å². The van der Waals surface area contributed by atoms with Gasteiger partial charge >= 0.3 is 57.4 Å². The minimum absolute atomic E-state index is 0. The minimum atomic E-state index is -0.643. The zero-order chi connectivity index (χ0) is 19.4. The Labute approximate surface area is 226 Å². The molecule has 4 fully saturated rings. The third kappa shape index (κ3) is 4.70. The van der Waals surface area contributed by atoms with Crippen molar-refractivity contribution >= 4 is 5.97 Å². The first-order valence-electron chi connectivity index (χ1n) is 11.7. The smallest absolute Gasteiger partial charge is 1.00 e. The molecule has 0 bridgehead atoms. The topological polar surface area (TPSA) is 57.5 Å². The second-order valence-electron chi connectivity index (χ2n) is 11.2. The molecular formula is C24H40ClKO3. The van der Waals surface area contributed by atoms with Crippen LogP contribution < -0.4 is 63.8 Å². The second-order valence-corrected chi connectivity index (χ2v) is 11.2. The van der Waals surface area contributed by atoms with Gasteiger partial charge in [0.05, 0.1) is 6.10 Å². The summed E-state index contributed by atoms with van der Waals surface area (Å²) in [6.45, 7) is 7.43. The Balaban J connectivity index is 0.00000150. The van der Waals surface area contributed by atoms with E-state index in [2.05, 4.69) is 20.8 Å². The fourth-order valence-corrected chi connectivity index (χ4v) is 8.76. The Morgan fingerprint density at radius 1 is 1.00 bits per heavy atom. The molecule has 0 aliphatic heterocycles. The molecule has 0 heterocycles. The third-order valence-corrected chi connectivity index (χ3v) is 10.2. The Bertz CT molecular complexity index is 586. The largest absolute Gasteiger partial charge is 1.00 e. The summed E-state index contributed by atoms with van der Waals surface area (Å²) < 4.78 is 0. The Morgan fingerprint density at radius 3 is 2.34 bits per heavy atom. The quantitative estimate of drug-likeness (QED) is 0.568. The molecule has 0 saturated heterocycles. The molecule has 0 radical (unpaired) electrons. The number of carboxylic acids is 1. The molecule has 0 amide bonds. The summed E-state index contributed by atoms with van der Waals surface area (Å²) in [5.74, 6) is 3.91. The maximum absolute atomic E-state index is 11.0. The molecule has 4 aliphatic rings. The van der Waals surface area contributed by atoms with Gasteiger partial charge in [0.2, 0.25) is 0 Å². The summed E-state index contributed by atoms with van der Waals surface area (Å²) in [4.78, 5) is 11.0. The van der Waals surface area contributed by atoms with Crippen molar-refractivity contribution in [3.8, 4) is 0 Å². The number of halogens is 1. The van der Waals surface area contributed by atoms with Gasteiger partial charge in [-0.25, -0.2) is 0 Å². The molecule has 9 atom stereocenters. The minimum Gasteiger partial charge on any atom is -1.00 e. The summed E-state index contributed by atoms with van der Waals surface area (Å²) in [5.41, 5.74) is 0.882. The second kappa shape index (κ2) is 10.1. The molecule has 4 saturated carbocycles. The van der Waals surface area contributed by atoms with Crippen LogP contribution in [0.25, 0.3) is 0 Å². The molecule has 2 N–H and O–H groups in total. The van der Waals surface area contributed by atoms with Crippen LogP contribution in [0.3, 0.4) is 0 Å². The zero-order valence-corrected chi connectivity index (χ0v) is 22.9. The first-order chi connectivity index (χ1) is 12.8. The van der Waals surface area contributed by atoms with E-state index >= 15 is 0 Å². The van der Waals surface area contributed by atoms with E-state index in [0.717, 1.165) is 42.9 Å². The molecule has 29 heavy (non-hydrogen) atoms. The van der Waals surface area contributed by atoms with E-state index in [-0.39, 0.29) is 69.9 Å². The first kappa shape index (κ1) is 26.6. The SMILES string of the molecule is CC(CCC(=O)O)C1CCC2C3CC[C@@H]4C[C@H](O)CCC4(C)C3CC[C@]12C.[Cl-].[K+]. The van der Waals surface area contributed by atoms with Crippen molar-refractivity contribution < 1.29 is 78.8 Å². The van der Waals surface area contributed by atoms with Crippen LogP contribution >= 0.6 is 0 Å². The van der Waals surface area contributed by atoms with E-state index in [9.17, 15) is 9.90 Å². The van der Waals surface area contributed by atoms with Crippen LogP contribution in [-0.2, 0) is 4.79 Å². The fraction of sp³-hybridized carbons (Fsp3) is 0.958. The van der Waals surface area contributed by atoms with Crippen molar-refractivity contribution in [3.63, 3.8) is 0 Å². The van der Waals surface area contributed by atoms with Crippen molar-refractivity contribution in [2.24, 2.45) is 46.3 Å². The van der Waals surface area contributed by atoms with Crippen LogP contribution in [-0.4, -0.2) is 22.3 Å². The number of fused-ring (bicyclic) bond motifs is 5. The molecule has 4 aliphatic carbocycles. The average molecular weight is 451 g/mol.